The fourth-order valence-corrected chi connectivity index (χ4v) is 3.21. The minimum absolute atomic E-state index is 0.0466. The van der Waals surface area contributed by atoms with Crippen LogP contribution in [0.1, 0.15) is 6.92 Å². The molecular formula is C18H19ClFNO3S. The highest BCUT2D eigenvalue weighted by Gasteiger charge is 2.14. The Morgan fingerprint density at radius 1 is 1.36 bits per heavy atom. The van der Waals surface area contributed by atoms with Crippen LogP contribution >= 0.6 is 23.4 Å². The van der Waals surface area contributed by atoms with Gasteiger partial charge in [0.15, 0.2) is 0 Å². The lowest BCUT2D eigenvalue weighted by Gasteiger charge is -2.23. The quantitative estimate of drug-likeness (QED) is 0.731. The van der Waals surface area contributed by atoms with Gasteiger partial charge in [-0.25, -0.2) is 4.39 Å². The van der Waals surface area contributed by atoms with Crippen LogP contribution in [0.5, 0.6) is 5.75 Å². The Bertz CT molecular complexity index is 744. The van der Waals surface area contributed by atoms with E-state index >= 15 is 0 Å². The number of hydrogen-bond acceptors (Lipinski definition) is 4. The zero-order valence-corrected chi connectivity index (χ0v) is 15.5. The predicted octanol–water partition coefficient (Wildman–Crippen LogP) is 4.41. The molecule has 0 saturated heterocycles. The summed E-state index contributed by atoms with van der Waals surface area (Å²) in [6, 6.07) is 12.0. The lowest BCUT2D eigenvalue weighted by Crippen LogP contribution is -2.37. The molecule has 0 aliphatic rings. The standard InChI is InChI=1S/C18H19ClFNO3S/c1-12(21(2)10-18(22)23)11-24-16-5-3-4-6-17(16)25-13-7-8-15(20)14(19)9-13/h3-9,12H,10-11H2,1-2H3,(H,22,23)/t12-/m0/s1. The zero-order valence-electron chi connectivity index (χ0n) is 13.9. The number of rotatable bonds is 8. The van der Waals surface area contributed by atoms with Gasteiger partial charge in [0, 0.05) is 10.9 Å². The molecule has 0 aromatic heterocycles. The van der Waals surface area contributed by atoms with Gasteiger partial charge in [0.2, 0.25) is 0 Å². The summed E-state index contributed by atoms with van der Waals surface area (Å²) in [7, 11) is 1.74. The summed E-state index contributed by atoms with van der Waals surface area (Å²) in [5, 5.41) is 8.92. The van der Waals surface area contributed by atoms with Crippen molar-refractivity contribution in [3.8, 4) is 5.75 Å². The Kier molecular flexibility index (Phi) is 7.11. The molecule has 7 heteroatoms. The molecule has 0 spiro atoms. The molecule has 134 valence electrons. The van der Waals surface area contributed by atoms with Crippen LogP contribution < -0.4 is 4.74 Å². The fraction of sp³-hybridized carbons (Fsp3) is 0.278. The number of halogens is 2. The SMILES string of the molecule is C[C@@H](COc1ccccc1Sc1ccc(F)c(Cl)c1)N(C)CC(=O)O. The summed E-state index contributed by atoms with van der Waals surface area (Å²) >= 11 is 7.25. The molecule has 1 N–H and O–H groups in total. The van der Waals surface area contributed by atoms with E-state index in [2.05, 4.69) is 0 Å². The Morgan fingerprint density at radius 2 is 2.08 bits per heavy atom. The van der Waals surface area contributed by atoms with Crippen molar-refractivity contribution in [3.05, 3.63) is 53.3 Å². The van der Waals surface area contributed by atoms with Gasteiger partial charge < -0.3 is 9.84 Å². The summed E-state index contributed by atoms with van der Waals surface area (Å²) in [5.41, 5.74) is 0. The minimum atomic E-state index is -0.876. The molecule has 0 heterocycles. The van der Waals surface area contributed by atoms with Gasteiger partial charge in [-0.15, -0.1) is 0 Å². The van der Waals surface area contributed by atoms with Gasteiger partial charge in [-0.05, 0) is 44.3 Å². The van der Waals surface area contributed by atoms with Crippen LogP contribution in [0.4, 0.5) is 4.39 Å². The van der Waals surface area contributed by atoms with E-state index in [1.165, 1.54) is 17.8 Å². The third-order valence-corrected chi connectivity index (χ3v) is 4.92. The molecule has 0 saturated carbocycles. The first-order valence-electron chi connectivity index (χ1n) is 7.63. The third-order valence-electron chi connectivity index (χ3n) is 3.59. The first-order chi connectivity index (χ1) is 11.9. The van der Waals surface area contributed by atoms with Crippen molar-refractivity contribution in [3.63, 3.8) is 0 Å². The van der Waals surface area contributed by atoms with Gasteiger partial charge in [0.1, 0.15) is 18.2 Å². The molecule has 0 unspecified atom stereocenters. The van der Waals surface area contributed by atoms with E-state index in [4.69, 9.17) is 21.4 Å². The first kappa shape index (κ1) is 19.6. The smallest absolute Gasteiger partial charge is 0.317 e. The van der Waals surface area contributed by atoms with Crippen molar-refractivity contribution < 1.29 is 19.0 Å². The van der Waals surface area contributed by atoms with Crippen molar-refractivity contribution in [2.75, 3.05) is 20.2 Å². The monoisotopic (exact) mass is 383 g/mol. The average Bonchev–Trinajstić information content (AvgIpc) is 2.56. The molecule has 0 fully saturated rings. The maximum absolute atomic E-state index is 13.3. The van der Waals surface area contributed by atoms with Crippen molar-refractivity contribution in [2.24, 2.45) is 0 Å². The van der Waals surface area contributed by atoms with E-state index in [1.807, 2.05) is 31.2 Å². The molecule has 1 atom stereocenters. The molecule has 0 radical (unpaired) electrons. The van der Waals surface area contributed by atoms with E-state index in [0.717, 1.165) is 9.79 Å². The summed E-state index contributed by atoms with van der Waals surface area (Å²) in [6.45, 7) is 2.21. The molecule has 2 aromatic rings. The Morgan fingerprint density at radius 3 is 2.76 bits per heavy atom. The number of carbonyl (C=O) groups is 1. The van der Waals surface area contributed by atoms with Crippen LogP contribution in [0.2, 0.25) is 5.02 Å². The highest BCUT2D eigenvalue weighted by molar-refractivity contribution is 7.99. The van der Waals surface area contributed by atoms with E-state index in [1.54, 1.807) is 24.1 Å². The van der Waals surface area contributed by atoms with Crippen LogP contribution in [0.3, 0.4) is 0 Å². The number of hydrogen-bond donors (Lipinski definition) is 1. The predicted molar refractivity (Wildman–Crippen MR) is 97.2 cm³/mol. The second-order valence-electron chi connectivity index (χ2n) is 5.59. The fourth-order valence-electron chi connectivity index (χ4n) is 2.03. The maximum Gasteiger partial charge on any atom is 0.317 e. The third kappa shape index (κ3) is 5.92. The van der Waals surface area contributed by atoms with E-state index in [9.17, 15) is 9.18 Å². The normalized spacial score (nSPS) is 12.2. The Labute approximate surface area is 155 Å². The second-order valence-corrected chi connectivity index (χ2v) is 7.12. The largest absolute Gasteiger partial charge is 0.491 e. The van der Waals surface area contributed by atoms with Gasteiger partial charge in [0.25, 0.3) is 0 Å². The van der Waals surface area contributed by atoms with Crippen LogP contribution in [0.25, 0.3) is 0 Å². The number of likely N-dealkylation sites (N-methyl/N-ethyl adjacent to an activating group) is 1. The molecular weight excluding hydrogens is 365 g/mol. The first-order valence-corrected chi connectivity index (χ1v) is 8.83. The van der Waals surface area contributed by atoms with Crippen LogP contribution in [-0.2, 0) is 4.79 Å². The second kappa shape index (κ2) is 9.08. The molecule has 25 heavy (non-hydrogen) atoms. The van der Waals surface area contributed by atoms with Crippen LogP contribution in [0, 0.1) is 5.82 Å². The zero-order chi connectivity index (χ0) is 18.4. The summed E-state index contributed by atoms with van der Waals surface area (Å²) in [5.74, 6) is -0.645. The summed E-state index contributed by atoms with van der Waals surface area (Å²) < 4.78 is 19.1. The summed E-state index contributed by atoms with van der Waals surface area (Å²) in [6.07, 6.45) is 0. The number of ether oxygens (including phenoxy) is 1. The Hall–Kier alpha value is -1.76. The number of benzene rings is 2. The van der Waals surface area contributed by atoms with E-state index < -0.39 is 11.8 Å². The van der Waals surface area contributed by atoms with Crippen molar-refractivity contribution in [2.45, 2.75) is 22.8 Å². The maximum atomic E-state index is 13.3. The number of nitrogens with zero attached hydrogens (tertiary/aromatic N) is 1. The average molecular weight is 384 g/mol. The molecule has 0 amide bonds. The molecule has 0 bridgehead atoms. The number of aliphatic carboxylic acids is 1. The molecule has 0 aliphatic carbocycles. The van der Waals surface area contributed by atoms with Gasteiger partial charge in [0.05, 0.1) is 16.5 Å². The van der Waals surface area contributed by atoms with Crippen LogP contribution in [0.15, 0.2) is 52.3 Å². The van der Waals surface area contributed by atoms with Gasteiger partial charge in [-0.2, -0.15) is 0 Å². The lowest BCUT2D eigenvalue weighted by atomic mass is 10.3. The van der Waals surface area contributed by atoms with Gasteiger partial charge >= 0.3 is 5.97 Å². The van der Waals surface area contributed by atoms with Crippen LogP contribution in [-0.4, -0.2) is 42.2 Å². The molecule has 2 aromatic carbocycles. The summed E-state index contributed by atoms with van der Waals surface area (Å²) in [4.78, 5) is 14.2. The Balaban J connectivity index is 2.05. The van der Waals surface area contributed by atoms with Gasteiger partial charge in [-0.1, -0.05) is 35.5 Å². The molecule has 2 rings (SSSR count). The number of para-hydroxylation sites is 1. The van der Waals surface area contributed by atoms with E-state index in [-0.39, 0.29) is 17.6 Å². The number of carboxylic acid groups (broad SMARTS) is 1. The lowest BCUT2D eigenvalue weighted by molar-refractivity contribution is -0.138. The van der Waals surface area contributed by atoms with Crippen molar-refractivity contribution in [1.29, 1.82) is 0 Å². The van der Waals surface area contributed by atoms with Crippen molar-refractivity contribution >= 4 is 29.3 Å². The highest BCUT2D eigenvalue weighted by Crippen LogP contribution is 2.36. The van der Waals surface area contributed by atoms with Crippen molar-refractivity contribution in [1.82, 2.24) is 4.90 Å². The van der Waals surface area contributed by atoms with Gasteiger partial charge in [-0.3, -0.25) is 9.69 Å². The topological polar surface area (TPSA) is 49.8 Å². The minimum Gasteiger partial charge on any atom is -0.491 e. The number of carboxylic acids is 1. The molecule has 4 nitrogen and oxygen atoms in total. The molecule has 0 aliphatic heterocycles. The highest BCUT2D eigenvalue weighted by atomic mass is 35.5. The van der Waals surface area contributed by atoms with E-state index in [0.29, 0.717) is 12.4 Å².